The molecule has 8 nitrogen and oxygen atoms in total. The van der Waals surface area contributed by atoms with Crippen molar-refractivity contribution in [2.75, 3.05) is 25.5 Å². The van der Waals surface area contributed by atoms with Crippen molar-refractivity contribution in [2.45, 2.75) is 11.4 Å². The van der Waals surface area contributed by atoms with E-state index in [1.807, 2.05) is 18.2 Å². The fraction of sp³-hybridized carbons (Fsp3) is 0.174. The van der Waals surface area contributed by atoms with E-state index in [4.69, 9.17) is 25.8 Å². The lowest BCUT2D eigenvalue weighted by Gasteiger charge is -2.12. The van der Waals surface area contributed by atoms with Gasteiger partial charge in [0.2, 0.25) is 0 Å². The van der Waals surface area contributed by atoms with Crippen molar-refractivity contribution in [1.82, 2.24) is 5.32 Å². The zero-order valence-corrected chi connectivity index (χ0v) is 19.6. The second-order valence-electron chi connectivity index (χ2n) is 6.80. The maximum absolute atomic E-state index is 12.6. The maximum atomic E-state index is 12.6. The van der Waals surface area contributed by atoms with Crippen molar-refractivity contribution in [3.63, 3.8) is 0 Å². The lowest BCUT2D eigenvalue weighted by Crippen LogP contribution is -2.28. The first kappa shape index (κ1) is 24.2. The number of nitrogens with one attached hydrogen (secondary N) is 2. The summed E-state index contributed by atoms with van der Waals surface area (Å²) < 4.78 is 43.5. The van der Waals surface area contributed by atoms with Gasteiger partial charge in [0.25, 0.3) is 15.9 Å². The highest BCUT2D eigenvalue weighted by Gasteiger charge is 2.17. The summed E-state index contributed by atoms with van der Waals surface area (Å²) >= 11 is 6.19. The number of sulfonamides is 1. The van der Waals surface area contributed by atoms with Crippen molar-refractivity contribution < 1.29 is 27.4 Å². The summed E-state index contributed by atoms with van der Waals surface area (Å²) in [6.07, 6.45) is 0. The minimum absolute atomic E-state index is 0.0451. The summed E-state index contributed by atoms with van der Waals surface area (Å²) in [7, 11) is -0.791. The van der Waals surface area contributed by atoms with Gasteiger partial charge in [0.05, 0.1) is 24.1 Å². The van der Waals surface area contributed by atoms with Gasteiger partial charge in [-0.25, -0.2) is 8.42 Å². The van der Waals surface area contributed by atoms with Crippen molar-refractivity contribution in [2.24, 2.45) is 0 Å². The van der Waals surface area contributed by atoms with E-state index >= 15 is 0 Å². The molecule has 0 atom stereocenters. The van der Waals surface area contributed by atoms with E-state index in [0.29, 0.717) is 17.2 Å². The topological polar surface area (TPSA) is 103 Å². The van der Waals surface area contributed by atoms with Crippen LogP contribution in [0.25, 0.3) is 0 Å². The van der Waals surface area contributed by atoms with Crippen LogP contribution in [0.2, 0.25) is 5.02 Å². The molecule has 0 aliphatic carbocycles. The summed E-state index contributed by atoms with van der Waals surface area (Å²) in [6.45, 7) is -0.0147. The van der Waals surface area contributed by atoms with Gasteiger partial charge < -0.3 is 19.5 Å². The Labute approximate surface area is 197 Å². The zero-order chi connectivity index (χ0) is 23.8. The average molecular weight is 491 g/mol. The Morgan fingerprint density at radius 3 is 2.33 bits per heavy atom. The third-order valence-corrected chi connectivity index (χ3v) is 6.26. The molecule has 0 fully saturated rings. The van der Waals surface area contributed by atoms with E-state index in [9.17, 15) is 13.2 Å². The number of hydrogen-bond donors (Lipinski definition) is 2. The molecule has 0 aromatic heterocycles. The van der Waals surface area contributed by atoms with Gasteiger partial charge in [-0.2, -0.15) is 0 Å². The number of halogens is 1. The summed E-state index contributed by atoms with van der Waals surface area (Å²) in [6, 6.07) is 17.8. The van der Waals surface area contributed by atoms with Gasteiger partial charge in [0.1, 0.15) is 17.2 Å². The van der Waals surface area contributed by atoms with Gasteiger partial charge in [0.15, 0.2) is 6.61 Å². The molecule has 0 unspecified atom stereocenters. The number of carbonyl (C=O) groups is 1. The summed E-state index contributed by atoms with van der Waals surface area (Å²) in [5.41, 5.74) is 1.20. The number of rotatable bonds is 10. The van der Waals surface area contributed by atoms with Crippen LogP contribution in [0.5, 0.6) is 17.2 Å². The van der Waals surface area contributed by atoms with Gasteiger partial charge in [-0.15, -0.1) is 0 Å². The molecule has 0 radical (unpaired) electrons. The minimum atomic E-state index is -3.87. The Morgan fingerprint density at radius 1 is 0.939 bits per heavy atom. The highest BCUT2D eigenvalue weighted by atomic mass is 35.5. The minimum Gasteiger partial charge on any atom is -0.497 e. The molecule has 3 aromatic carbocycles. The monoisotopic (exact) mass is 490 g/mol. The van der Waals surface area contributed by atoms with E-state index in [1.54, 1.807) is 37.4 Å². The lowest BCUT2D eigenvalue weighted by atomic mass is 10.2. The van der Waals surface area contributed by atoms with E-state index in [1.165, 1.54) is 25.3 Å². The Hall–Kier alpha value is -3.43. The molecule has 0 aliphatic heterocycles. The Morgan fingerprint density at radius 2 is 1.67 bits per heavy atom. The lowest BCUT2D eigenvalue weighted by molar-refractivity contribution is -0.123. The molecule has 3 aromatic rings. The number of para-hydroxylation sites is 1. The molecule has 174 valence electrons. The van der Waals surface area contributed by atoms with Crippen LogP contribution in [0.3, 0.4) is 0 Å². The van der Waals surface area contributed by atoms with Crippen LogP contribution in [-0.4, -0.2) is 35.2 Å². The number of amides is 1. The second-order valence-corrected chi connectivity index (χ2v) is 8.89. The van der Waals surface area contributed by atoms with Crippen molar-refractivity contribution >= 4 is 33.2 Å². The number of ether oxygens (including phenoxy) is 3. The van der Waals surface area contributed by atoms with Gasteiger partial charge in [-0.1, -0.05) is 29.8 Å². The third kappa shape index (κ3) is 6.53. The van der Waals surface area contributed by atoms with Crippen LogP contribution < -0.4 is 24.2 Å². The normalized spacial score (nSPS) is 10.9. The predicted octanol–water partition coefficient (Wildman–Crippen LogP) is 3.85. The summed E-state index contributed by atoms with van der Waals surface area (Å²) in [4.78, 5) is 12.1. The molecule has 33 heavy (non-hydrogen) atoms. The quantitative estimate of drug-likeness (QED) is 0.447. The largest absolute Gasteiger partial charge is 0.497 e. The van der Waals surface area contributed by atoms with E-state index in [0.717, 1.165) is 5.56 Å². The van der Waals surface area contributed by atoms with Crippen molar-refractivity contribution in [1.29, 1.82) is 0 Å². The fourth-order valence-corrected chi connectivity index (χ4v) is 4.26. The fourth-order valence-electron chi connectivity index (χ4n) is 2.88. The molecule has 3 rings (SSSR count). The van der Waals surface area contributed by atoms with Crippen molar-refractivity contribution in [3.05, 3.63) is 77.3 Å². The predicted molar refractivity (Wildman–Crippen MR) is 126 cm³/mol. The molecular formula is C23H23ClN2O6S. The first-order chi connectivity index (χ1) is 15.8. The number of hydrogen-bond acceptors (Lipinski definition) is 6. The molecule has 0 heterocycles. The van der Waals surface area contributed by atoms with Crippen LogP contribution in [0.1, 0.15) is 5.56 Å². The average Bonchev–Trinajstić information content (AvgIpc) is 2.82. The molecule has 0 saturated carbocycles. The number of benzene rings is 3. The number of anilines is 1. The maximum Gasteiger partial charge on any atom is 0.261 e. The van der Waals surface area contributed by atoms with Crippen LogP contribution in [0, 0.1) is 0 Å². The Bertz CT molecular complexity index is 1220. The first-order valence-electron chi connectivity index (χ1n) is 9.80. The highest BCUT2D eigenvalue weighted by Crippen LogP contribution is 2.28. The molecule has 0 saturated heterocycles. The number of carbonyl (C=O) groups excluding carboxylic acids is 1. The first-order valence-corrected chi connectivity index (χ1v) is 11.7. The molecular weight excluding hydrogens is 468 g/mol. The zero-order valence-electron chi connectivity index (χ0n) is 18.0. The molecule has 0 aliphatic rings. The molecule has 2 N–H and O–H groups in total. The molecule has 1 amide bonds. The summed E-state index contributed by atoms with van der Waals surface area (Å²) in [5, 5.41) is 2.79. The summed E-state index contributed by atoms with van der Waals surface area (Å²) in [5.74, 6) is 1.10. The van der Waals surface area contributed by atoms with Crippen LogP contribution in [-0.2, 0) is 21.4 Å². The van der Waals surface area contributed by atoms with E-state index in [2.05, 4.69) is 10.0 Å². The second kappa shape index (κ2) is 10.9. The Balaban J connectivity index is 1.58. The third-order valence-electron chi connectivity index (χ3n) is 4.58. The van der Waals surface area contributed by atoms with Crippen molar-refractivity contribution in [3.8, 4) is 17.2 Å². The smallest absolute Gasteiger partial charge is 0.261 e. The van der Waals surface area contributed by atoms with E-state index < -0.39 is 10.0 Å². The SMILES string of the molecule is COc1ccc(NS(=O)(=O)c2ccc(OCC(=O)NCc3ccccc3OC)c(Cl)c2)cc1. The van der Waals surface area contributed by atoms with Crippen LogP contribution in [0.4, 0.5) is 5.69 Å². The molecule has 10 heteroatoms. The number of methoxy groups -OCH3 is 2. The van der Waals surface area contributed by atoms with Crippen LogP contribution in [0.15, 0.2) is 71.6 Å². The highest BCUT2D eigenvalue weighted by molar-refractivity contribution is 7.92. The molecule has 0 bridgehead atoms. The van der Waals surface area contributed by atoms with Gasteiger partial charge in [-0.3, -0.25) is 9.52 Å². The van der Waals surface area contributed by atoms with Gasteiger partial charge in [0, 0.05) is 17.8 Å². The van der Waals surface area contributed by atoms with Gasteiger partial charge in [-0.05, 0) is 48.5 Å². The standard InChI is InChI=1S/C23H23ClN2O6S/c1-30-18-9-7-17(8-10-18)26-33(28,29)19-11-12-22(20(24)13-19)32-15-23(27)25-14-16-5-3-4-6-21(16)31-2/h3-13,26H,14-15H2,1-2H3,(H,25,27). The molecule has 0 spiro atoms. The van der Waals surface area contributed by atoms with Gasteiger partial charge >= 0.3 is 0 Å². The van der Waals surface area contributed by atoms with E-state index in [-0.39, 0.29) is 34.7 Å². The Kier molecular flexibility index (Phi) is 8.02. The van der Waals surface area contributed by atoms with Crippen LogP contribution >= 0.6 is 11.6 Å².